The molecule has 16 heavy (non-hydrogen) atoms. The van der Waals surface area contributed by atoms with Gasteiger partial charge in [-0.15, -0.1) is 11.6 Å². The highest BCUT2D eigenvalue weighted by molar-refractivity contribution is 6.18. The van der Waals surface area contributed by atoms with Crippen LogP contribution in [0.25, 0.3) is 0 Å². The summed E-state index contributed by atoms with van der Waals surface area (Å²) in [4.78, 5) is 10.8. The normalized spacial score (nSPS) is 14.2. The summed E-state index contributed by atoms with van der Waals surface area (Å²) in [6.07, 6.45) is -0.566. The molecule has 0 aromatic heterocycles. The number of hydrogen-bond acceptors (Lipinski definition) is 2. The fraction of sp³-hybridized carbons (Fsp3) is 0.417. The number of aliphatic hydroxyl groups excluding tert-OH is 1. The van der Waals surface area contributed by atoms with Crippen molar-refractivity contribution in [1.29, 1.82) is 0 Å². The minimum Gasteiger partial charge on any atom is -0.388 e. The van der Waals surface area contributed by atoms with Gasteiger partial charge < -0.3 is 10.4 Å². The first-order chi connectivity index (χ1) is 7.54. The van der Waals surface area contributed by atoms with Gasteiger partial charge in [0.05, 0.1) is 6.10 Å². The van der Waals surface area contributed by atoms with Crippen molar-refractivity contribution in [3.8, 4) is 0 Å². The second-order valence-corrected chi connectivity index (χ2v) is 4.19. The van der Waals surface area contributed by atoms with E-state index in [1.165, 1.54) is 6.92 Å². The third-order valence-electron chi connectivity index (χ3n) is 2.35. The zero-order valence-corrected chi connectivity index (χ0v) is 10.2. The Morgan fingerprint density at radius 2 is 2.00 bits per heavy atom. The number of carbonyl (C=O) groups is 1. The summed E-state index contributed by atoms with van der Waals surface area (Å²) in [5.74, 6) is 0.310. The Labute approximate surface area is 100 Å². The molecule has 0 heterocycles. The lowest BCUT2D eigenvalue weighted by Gasteiger charge is -2.16. The first-order valence-electron chi connectivity index (χ1n) is 5.16. The second kappa shape index (κ2) is 5.87. The summed E-state index contributed by atoms with van der Waals surface area (Å²) in [7, 11) is 0. The van der Waals surface area contributed by atoms with Gasteiger partial charge in [0.2, 0.25) is 5.91 Å². The van der Waals surface area contributed by atoms with E-state index in [4.69, 9.17) is 11.6 Å². The molecule has 0 spiro atoms. The summed E-state index contributed by atoms with van der Waals surface area (Å²) in [5, 5.41) is 12.6. The zero-order chi connectivity index (χ0) is 12.1. The average molecular weight is 242 g/mol. The van der Waals surface area contributed by atoms with Crippen molar-refractivity contribution in [3.63, 3.8) is 0 Å². The standard InChI is InChI=1S/C12H16ClNO2/c1-8(7-13)12(16)10-3-5-11(6-4-10)14-9(2)15/h3-6,8,12,16H,7H2,1-2H3,(H,14,15). The second-order valence-electron chi connectivity index (χ2n) is 3.88. The highest BCUT2D eigenvalue weighted by Gasteiger charge is 2.14. The van der Waals surface area contributed by atoms with Crippen LogP contribution in [0.15, 0.2) is 24.3 Å². The summed E-state index contributed by atoms with van der Waals surface area (Å²) in [6.45, 7) is 3.34. The Morgan fingerprint density at radius 1 is 1.44 bits per heavy atom. The van der Waals surface area contributed by atoms with Gasteiger partial charge in [0.25, 0.3) is 0 Å². The number of amides is 1. The van der Waals surface area contributed by atoms with Crippen molar-refractivity contribution in [2.24, 2.45) is 5.92 Å². The number of rotatable bonds is 4. The van der Waals surface area contributed by atoms with Crippen LogP contribution in [0.2, 0.25) is 0 Å². The monoisotopic (exact) mass is 241 g/mol. The van der Waals surface area contributed by atoms with Gasteiger partial charge >= 0.3 is 0 Å². The Bertz CT molecular complexity index is 351. The average Bonchev–Trinajstić information content (AvgIpc) is 2.27. The highest BCUT2D eigenvalue weighted by atomic mass is 35.5. The number of alkyl halides is 1. The van der Waals surface area contributed by atoms with E-state index in [1.54, 1.807) is 24.3 Å². The number of benzene rings is 1. The molecule has 1 aromatic rings. The van der Waals surface area contributed by atoms with Crippen LogP contribution in [0.3, 0.4) is 0 Å². The molecule has 0 aliphatic carbocycles. The molecule has 0 aliphatic heterocycles. The first-order valence-corrected chi connectivity index (χ1v) is 5.69. The molecule has 2 atom stereocenters. The van der Waals surface area contributed by atoms with Crippen LogP contribution in [-0.2, 0) is 4.79 Å². The predicted octanol–water partition coefficient (Wildman–Crippen LogP) is 2.55. The van der Waals surface area contributed by atoms with Crippen molar-refractivity contribution in [2.45, 2.75) is 20.0 Å². The lowest BCUT2D eigenvalue weighted by atomic mass is 9.99. The maximum absolute atomic E-state index is 10.8. The molecule has 88 valence electrons. The summed E-state index contributed by atoms with van der Waals surface area (Å²) in [5.41, 5.74) is 1.53. The minimum absolute atomic E-state index is 0.00767. The Morgan fingerprint density at radius 3 is 2.44 bits per heavy atom. The molecule has 1 amide bonds. The molecular formula is C12H16ClNO2. The van der Waals surface area contributed by atoms with Gasteiger partial charge in [0.1, 0.15) is 0 Å². The minimum atomic E-state index is -0.566. The van der Waals surface area contributed by atoms with Crippen LogP contribution in [0, 0.1) is 5.92 Å². The van der Waals surface area contributed by atoms with Crippen molar-refractivity contribution in [2.75, 3.05) is 11.2 Å². The maximum Gasteiger partial charge on any atom is 0.221 e. The van der Waals surface area contributed by atoms with Crippen LogP contribution in [0.1, 0.15) is 25.5 Å². The summed E-state index contributed by atoms with van der Waals surface area (Å²) in [6, 6.07) is 7.11. The summed E-state index contributed by atoms with van der Waals surface area (Å²) < 4.78 is 0. The molecule has 0 aliphatic rings. The third-order valence-corrected chi connectivity index (χ3v) is 2.84. The molecule has 0 saturated heterocycles. The summed E-state index contributed by atoms with van der Waals surface area (Å²) >= 11 is 5.68. The molecule has 2 N–H and O–H groups in total. The molecule has 1 aromatic carbocycles. The van der Waals surface area contributed by atoms with Crippen molar-refractivity contribution < 1.29 is 9.90 Å². The van der Waals surface area contributed by atoms with E-state index in [2.05, 4.69) is 5.32 Å². The number of halogens is 1. The van der Waals surface area contributed by atoms with Crippen LogP contribution >= 0.6 is 11.6 Å². The van der Waals surface area contributed by atoms with Crippen molar-refractivity contribution in [3.05, 3.63) is 29.8 Å². The quantitative estimate of drug-likeness (QED) is 0.796. The lowest BCUT2D eigenvalue weighted by molar-refractivity contribution is -0.114. The highest BCUT2D eigenvalue weighted by Crippen LogP contribution is 2.23. The van der Waals surface area contributed by atoms with Crippen molar-refractivity contribution >= 4 is 23.2 Å². The van der Waals surface area contributed by atoms with Gasteiger partial charge in [-0.1, -0.05) is 19.1 Å². The van der Waals surface area contributed by atoms with Gasteiger partial charge in [0.15, 0.2) is 0 Å². The molecule has 2 unspecified atom stereocenters. The number of anilines is 1. The van der Waals surface area contributed by atoms with Gasteiger partial charge in [-0.2, -0.15) is 0 Å². The fourth-order valence-electron chi connectivity index (χ4n) is 1.38. The van der Waals surface area contributed by atoms with E-state index in [9.17, 15) is 9.90 Å². The van der Waals surface area contributed by atoms with Crippen LogP contribution in [-0.4, -0.2) is 16.9 Å². The van der Waals surface area contributed by atoms with Gasteiger partial charge in [-0.3, -0.25) is 4.79 Å². The maximum atomic E-state index is 10.8. The number of carbonyl (C=O) groups excluding carboxylic acids is 1. The fourth-order valence-corrected chi connectivity index (χ4v) is 1.55. The van der Waals surface area contributed by atoms with Crippen molar-refractivity contribution in [1.82, 2.24) is 0 Å². The molecule has 0 bridgehead atoms. The van der Waals surface area contributed by atoms with Gasteiger partial charge in [-0.05, 0) is 23.6 Å². The molecule has 3 nitrogen and oxygen atoms in total. The van der Waals surface area contributed by atoms with Crippen LogP contribution in [0.5, 0.6) is 0 Å². The Kier molecular flexibility index (Phi) is 4.77. The largest absolute Gasteiger partial charge is 0.388 e. The van der Waals surface area contributed by atoms with E-state index >= 15 is 0 Å². The molecule has 1 rings (SSSR count). The first kappa shape index (κ1) is 13.0. The molecule has 0 saturated carbocycles. The van der Waals surface area contributed by atoms with E-state index in [-0.39, 0.29) is 11.8 Å². The van der Waals surface area contributed by atoms with Crippen LogP contribution in [0.4, 0.5) is 5.69 Å². The van der Waals surface area contributed by atoms with E-state index in [0.717, 1.165) is 11.3 Å². The Balaban J connectivity index is 2.74. The predicted molar refractivity (Wildman–Crippen MR) is 65.6 cm³/mol. The lowest BCUT2D eigenvalue weighted by Crippen LogP contribution is -2.11. The Hall–Kier alpha value is -1.06. The van der Waals surface area contributed by atoms with E-state index in [0.29, 0.717) is 5.88 Å². The third kappa shape index (κ3) is 3.51. The molecule has 0 radical (unpaired) electrons. The topological polar surface area (TPSA) is 49.3 Å². The number of aliphatic hydroxyl groups is 1. The van der Waals surface area contributed by atoms with Gasteiger partial charge in [-0.25, -0.2) is 0 Å². The SMILES string of the molecule is CC(=O)Nc1ccc(C(O)C(C)CCl)cc1. The van der Waals surface area contributed by atoms with Gasteiger partial charge in [0, 0.05) is 18.5 Å². The molecule has 4 heteroatoms. The van der Waals surface area contributed by atoms with E-state index in [1.807, 2.05) is 6.92 Å². The zero-order valence-electron chi connectivity index (χ0n) is 9.40. The molecular weight excluding hydrogens is 226 g/mol. The molecule has 0 fully saturated rings. The smallest absolute Gasteiger partial charge is 0.221 e. The number of hydrogen-bond donors (Lipinski definition) is 2. The number of nitrogens with one attached hydrogen (secondary N) is 1. The van der Waals surface area contributed by atoms with E-state index < -0.39 is 6.10 Å². The van der Waals surface area contributed by atoms with Crippen LogP contribution < -0.4 is 5.32 Å².